The molecule has 0 spiro atoms. The van der Waals surface area contributed by atoms with Crippen LogP contribution in [0.5, 0.6) is 0 Å². The van der Waals surface area contributed by atoms with Gasteiger partial charge in [0.15, 0.2) is 0 Å². The minimum atomic E-state index is -0.318. The standard InChI is InChI=1S/C23H20ClN5O/c24-16-8-6-15(7-9-16)21-19(14-28(27-21)13-3-12-25)22-26-20-5-2-1-4-18(20)23(30)29(22)17-10-11-17/h1-2,4-9,14,17,22,26H,3,10-11,13H2/t22-/m1/s1. The second-order valence-electron chi connectivity index (χ2n) is 7.65. The van der Waals surface area contributed by atoms with Gasteiger partial charge in [0.05, 0.1) is 30.3 Å². The van der Waals surface area contributed by atoms with Crippen LogP contribution in [0.15, 0.2) is 54.7 Å². The third-order valence-electron chi connectivity index (χ3n) is 5.56. The molecular formula is C23H20ClN5O. The number of nitrogens with zero attached hydrogens (tertiary/aromatic N) is 4. The summed E-state index contributed by atoms with van der Waals surface area (Å²) in [6.45, 7) is 0.498. The first kappa shape index (κ1) is 18.7. The predicted molar refractivity (Wildman–Crippen MR) is 115 cm³/mol. The Bertz CT molecular complexity index is 1140. The number of carbonyl (C=O) groups is 1. The number of halogens is 1. The molecule has 3 aromatic rings. The molecule has 7 heteroatoms. The molecule has 0 bridgehead atoms. The van der Waals surface area contributed by atoms with Gasteiger partial charge in [-0.15, -0.1) is 0 Å². The topological polar surface area (TPSA) is 74.0 Å². The molecular weight excluding hydrogens is 398 g/mol. The van der Waals surface area contributed by atoms with Crippen LogP contribution in [0.4, 0.5) is 5.69 Å². The average Bonchev–Trinajstić information content (AvgIpc) is 3.51. The molecule has 1 aliphatic heterocycles. The number of hydrogen-bond donors (Lipinski definition) is 1. The number of fused-ring (bicyclic) bond motifs is 1. The molecule has 1 N–H and O–H groups in total. The molecule has 6 nitrogen and oxygen atoms in total. The number of rotatable bonds is 5. The summed E-state index contributed by atoms with van der Waals surface area (Å²) in [5, 5.41) is 18.0. The molecule has 1 amide bonds. The molecule has 1 saturated carbocycles. The largest absolute Gasteiger partial charge is 0.361 e. The lowest BCUT2D eigenvalue weighted by Crippen LogP contribution is -2.44. The molecule has 1 aromatic heterocycles. The van der Waals surface area contributed by atoms with Gasteiger partial charge in [0, 0.05) is 34.1 Å². The van der Waals surface area contributed by atoms with Crippen LogP contribution in [0.2, 0.25) is 5.02 Å². The number of carbonyl (C=O) groups excluding carboxylic acids is 1. The van der Waals surface area contributed by atoms with Crippen LogP contribution in [0.1, 0.15) is 41.3 Å². The molecule has 5 rings (SSSR count). The first-order chi connectivity index (χ1) is 14.7. The summed E-state index contributed by atoms with van der Waals surface area (Å²) in [7, 11) is 0. The van der Waals surface area contributed by atoms with Gasteiger partial charge in [0.25, 0.3) is 5.91 Å². The van der Waals surface area contributed by atoms with Crippen molar-refractivity contribution < 1.29 is 4.79 Å². The number of benzene rings is 2. The van der Waals surface area contributed by atoms with Crippen LogP contribution in [-0.4, -0.2) is 26.6 Å². The second kappa shape index (κ2) is 7.51. The van der Waals surface area contributed by atoms with Crippen molar-refractivity contribution in [3.63, 3.8) is 0 Å². The van der Waals surface area contributed by atoms with Crippen LogP contribution in [0, 0.1) is 11.3 Å². The Morgan fingerprint density at radius 1 is 1.17 bits per heavy atom. The van der Waals surface area contributed by atoms with Gasteiger partial charge in [-0.2, -0.15) is 10.4 Å². The molecule has 0 saturated heterocycles. The first-order valence-electron chi connectivity index (χ1n) is 10.0. The van der Waals surface area contributed by atoms with Gasteiger partial charge in [-0.05, 0) is 37.1 Å². The zero-order valence-electron chi connectivity index (χ0n) is 16.3. The highest BCUT2D eigenvalue weighted by molar-refractivity contribution is 6.30. The molecule has 150 valence electrons. The quantitative estimate of drug-likeness (QED) is 0.644. The van der Waals surface area contributed by atoms with Crippen LogP contribution in [0.25, 0.3) is 11.3 Å². The third kappa shape index (κ3) is 3.31. The zero-order chi connectivity index (χ0) is 20.7. The van der Waals surface area contributed by atoms with E-state index in [4.69, 9.17) is 22.0 Å². The van der Waals surface area contributed by atoms with E-state index in [1.165, 1.54) is 0 Å². The fourth-order valence-corrected chi connectivity index (χ4v) is 4.10. The number of aromatic nitrogens is 2. The Labute approximate surface area is 179 Å². The number of anilines is 1. The summed E-state index contributed by atoms with van der Waals surface area (Å²) in [6.07, 6.45) is 4.01. The van der Waals surface area contributed by atoms with E-state index in [0.717, 1.165) is 35.3 Å². The number of hydrogen-bond acceptors (Lipinski definition) is 4. The van der Waals surface area contributed by atoms with Crippen LogP contribution < -0.4 is 5.32 Å². The normalized spacial score (nSPS) is 17.9. The number of aryl methyl sites for hydroxylation is 1. The van der Waals surface area contributed by atoms with Crippen molar-refractivity contribution in [2.75, 3.05) is 5.32 Å². The maximum Gasteiger partial charge on any atom is 0.258 e. The Morgan fingerprint density at radius 2 is 1.93 bits per heavy atom. The summed E-state index contributed by atoms with van der Waals surface area (Å²) in [5.74, 6) is 0.0451. The maximum atomic E-state index is 13.4. The van der Waals surface area contributed by atoms with E-state index in [1.807, 2.05) is 59.6 Å². The predicted octanol–water partition coefficient (Wildman–Crippen LogP) is 4.85. The zero-order valence-corrected chi connectivity index (χ0v) is 17.0. The molecule has 1 fully saturated rings. The van der Waals surface area contributed by atoms with E-state index < -0.39 is 0 Å². The van der Waals surface area contributed by atoms with Gasteiger partial charge >= 0.3 is 0 Å². The lowest BCUT2D eigenvalue weighted by atomic mass is 10.0. The van der Waals surface area contributed by atoms with E-state index in [9.17, 15) is 4.79 Å². The number of para-hydroxylation sites is 1. The molecule has 1 atom stereocenters. The minimum absolute atomic E-state index is 0.0451. The van der Waals surface area contributed by atoms with E-state index in [-0.39, 0.29) is 18.1 Å². The summed E-state index contributed by atoms with van der Waals surface area (Å²) in [6, 6.07) is 17.6. The van der Waals surface area contributed by atoms with E-state index in [0.29, 0.717) is 23.6 Å². The van der Waals surface area contributed by atoms with Gasteiger partial charge in [-0.1, -0.05) is 35.9 Å². The number of nitriles is 1. The summed E-state index contributed by atoms with van der Waals surface area (Å²) in [4.78, 5) is 15.3. The molecule has 30 heavy (non-hydrogen) atoms. The minimum Gasteiger partial charge on any atom is -0.361 e. The van der Waals surface area contributed by atoms with Crippen LogP contribution in [0.3, 0.4) is 0 Å². The number of amides is 1. The highest BCUT2D eigenvalue weighted by Crippen LogP contribution is 2.42. The van der Waals surface area contributed by atoms with E-state index in [1.54, 1.807) is 4.68 Å². The molecule has 2 heterocycles. The van der Waals surface area contributed by atoms with Gasteiger partial charge in [-0.3, -0.25) is 9.48 Å². The van der Waals surface area contributed by atoms with Crippen molar-refractivity contribution in [2.24, 2.45) is 0 Å². The fourth-order valence-electron chi connectivity index (χ4n) is 3.97. The van der Waals surface area contributed by atoms with Gasteiger partial charge < -0.3 is 10.2 Å². The molecule has 0 unspecified atom stereocenters. The average molecular weight is 418 g/mol. The lowest BCUT2D eigenvalue weighted by molar-refractivity contribution is 0.0667. The number of nitrogens with one attached hydrogen (secondary N) is 1. The Hall–Kier alpha value is -3.30. The van der Waals surface area contributed by atoms with Crippen LogP contribution >= 0.6 is 11.6 Å². The first-order valence-corrected chi connectivity index (χ1v) is 10.4. The van der Waals surface area contributed by atoms with Crippen molar-refractivity contribution in [2.45, 2.75) is 38.0 Å². The maximum absolute atomic E-state index is 13.4. The van der Waals surface area contributed by atoms with E-state index in [2.05, 4.69) is 11.4 Å². The molecule has 2 aliphatic rings. The smallest absolute Gasteiger partial charge is 0.258 e. The van der Waals surface area contributed by atoms with Crippen molar-refractivity contribution in [1.29, 1.82) is 5.26 Å². The summed E-state index contributed by atoms with van der Waals surface area (Å²) in [5.41, 5.74) is 4.17. The van der Waals surface area contributed by atoms with Gasteiger partial charge in [0.2, 0.25) is 0 Å². The second-order valence-corrected chi connectivity index (χ2v) is 8.08. The Kier molecular flexibility index (Phi) is 4.68. The highest BCUT2D eigenvalue weighted by atomic mass is 35.5. The molecule has 2 aromatic carbocycles. The fraction of sp³-hybridized carbons (Fsp3) is 0.261. The summed E-state index contributed by atoms with van der Waals surface area (Å²) >= 11 is 6.08. The van der Waals surface area contributed by atoms with Crippen molar-refractivity contribution >= 4 is 23.2 Å². The van der Waals surface area contributed by atoms with Crippen molar-refractivity contribution in [1.82, 2.24) is 14.7 Å². The Balaban J connectivity index is 1.62. The monoisotopic (exact) mass is 417 g/mol. The van der Waals surface area contributed by atoms with Crippen molar-refractivity contribution in [3.05, 3.63) is 70.9 Å². The molecule has 0 radical (unpaired) electrons. The molecule has 1 aliphatic carbocycles. The van der Waals surface area contributed by atoms with E-state index >= 15 is 0 Å². The highest BCUT2D eigenvalue weighted by Gasteiger charge is 2.43. The van der Waals surface area contributed by atoms with Gasteiger partial charge in [0.1, 0.15) is 6.17 Å². The summed E-state index contributed by atoms with van der Waals surface area (Å²) < 4.78 is 1.79. The SMILES string of the molecule is N#CCCn1cc([C@@H]2Nc3ccccc3C(=O)N2C2CC2)c(-c2ccc(Cl)cc2)n1. The lowest BCUT2D eigenvalue weighted by Gasteiger charge is -2.38. The van der Waals surface area contributed by atoms with Gasteiger partial charge in [-0.25, -0.2) is 0 Å². The Morgan fingerprint density at radius 3 is 2.67 bits per heavy atom. The third-order valence-corrected chi connectivity index (χ3v) is 5.81. The van der Waals surface area contributed by atoms with Crippen LogP contribution in [-0.2, 0) is 6.54 Å². The van der Waals surface area contributed by atoms with Crippen molar-refractivity contribution in [3.8, 4) is 17.3 Å².